The van der Waals surface area contributed by atoms with Crippen LogP contribution in [0.15, 0.2) is 36.4 Å². The van der Waals surface area contributed by atoms with Crippen LogP contribution in [0.2, 0.25) is 0 Å². The predicted molar refractivity (Wildman–Crippen MR) is 120 cm³/mol. The molecule has 2 aromatic rings. The van der Waals surface area contributed by atoms with Gasteiger partial charge >= 0.3 is 12.1 Å². The Morgan fingerprint density at radius 1 is 1.09 bits per heavy atom. The Bertz CT molecular complexity index is 994. The summed E-state index contributed by atoms with van der Waals surface area (Å²) in [6.07, 6.45) is 0.0507. The van der Waals surface area contributed by atoms with Crippen molar-refractivity contribution >= 4 is 12.1 Å². The van der Waals surface area contributed by atoms with Crippen molar-refractivity contribution in [2.45, 2.75) is 52.4 Å². The number of aryl methyl sites for hydroxylation is 1. The third-order valence-corrected chi connectivity index (χ3v) is 5.26. The number of amides is 1. The van der Waals surface area contributed by atoms with Crippen LogP contribution in [-0.4, -0.2) is 43.3 Å². The normalized spacial score (nSPS) is 15.6. The summed E-state index contributed by atoms with van der Waals surface area (Å²) in [5, 5.41) is 0. The van der Waals surface area contributed by atoms with Gasteiger partial charge in [-0.05, 0) is 80.6 Å². The molecule has 0 N–H and O–H groups in total. The molecule has 1 atom stereocenters. The van der Waals surface area contributed by atoms with Crippen molar-refractivity contribution < 1.29 is 28.5 Å². The van der Waals surface area contributed by atoms with Crippen molar-refractivity contribution in [3.05, 3.63) is 58.7 Å². The molecular weight excluding hydrogens is 410 g/mol. The zero-order valence-corrected chi connectivity index (χ0v) is 19.6. The molecule has 0 fully saturated rings. The third kappa shape index (κ3) is 5.33. The molecule has 32 heavy (non-hydrogen) atoms. The standard InChI is InChI=1S/C25H31NO6/c1-16-13-17(7-10-21(16)29-5)15-31-19-8-9-20-18(14-19)11-12-26(22(20)23(27)30-6)24(28)32-25(2,3)4/h7-10,13-14,22H,11-12,15H2,1-6H3/t22-/m1/s1. The number of hydrogen-bond acceptors (Lipinski definition) is 6. The van der Waals surface area contributed by atoms with Gasteiger partial charge in [-0.3, -0.25) is 4.90 Å². The molecule has 1 aliphatic rings. The molecule has 7 nitrogen and oxygen atoms in total. The maximum absolute atomic E-state index is 12.7. The number of ether oxygens (including phenoxy) is 4. The number of esters is 1. The van der Waals surface area contributed by atoms with Gasteiger partial charge in [-0.1, -0.05) is 12.1 Å². The highest BCUT2D eigenvalue weighted by Gasteiger charge is 2.39. The molecule has 7 heteroatoms. The number of methoxy groups -OCH3 is 2. The maximum Gasteiger partial charge on any atom is 0.411 e. The molecule has 0 bridgehead atoms. The molecule has 3 rings (SSSR count). The fourth-order valence-corrected chi connectivity index (χ4v) is 3.77. The van der Waals surface area contributed by atoms with Crippen molar-refractivity contribution in [2.24, 2.45) is 0 Å². The van der Waals surface area contributed by atoms with Gasteiger partial charge in [0.15, 0.2) is 6.04 Å². The zero-order chi connectivity index (χ0) is 23.5. The fraction of sp³-hybridized carbons (Fsp3) is 0.440. The van der Waals surface area contributed by atoms with Gasteiger partial charge in [0.1, 0.15) is 23.7 Å². The van der Waals surface area contributed by atoms with E-state index in [-0.39, 0.29) is 0 Å². The highest BCUT2D eigenvalue weighted by molar-refractivity contribution is 5.84. The molecule has 1 heterocycles. The smallest absolute Gasteiger partial charge is 0.411 e. The minimum absolute atomic E-state index is 0.350. The summed E-state index contributed by atoms with van der Waals surface area (Å²) in [6.45, 7) is 8.14. The molecule has 0 aromatic heterocycles. The quantitative estimate of drug-likeness (QED) is 0.632. The highest BCUT2D eigenvalue weighted by Crippen LogP contribution is 2.34. The summed E-state index contributed by atoms with van der Waals surface area (Å²) in [7, 11) is 2.97. The predicted octanol–water partition coefficient (Wildman–Crippen LogP) is 4.59. The van der Waals surface area contributed by atoms with Crippen molar-refractivity contribution in [2.75, 3.05) is 20.8 Å². The number of hydrogen-bond donors (Lipinski definition) is 0. The summed E-state index contributed by atoms with van der Waals surface area (Å²) in [6, 6.07) is 10.6. The highest BCUT2D eigenvalue weighted by atomic mass is 16.6. The van der Waals surface area contributed by atoms with Crippen molar-refractivity contribution in [3.63, 3.8) is 0 Å². The SMILES string of the molecule is COC(=O)[C@H]1c2ccc(OCc3ccc(OC)c(C)c3)cc2CCN1C(=O)OC(C)(C)C. The molecule has 1 amide bonds. The van der Waals surface area contributed by atoms with E-state index in [0.717, 1.165) is 28.0 Å². The summed E-state index contributed by atoms with van der Waals surface area (Å²) >= 11 is 0. The Balaban J connectivity index is 1.79. The van der Waals surface area contributed by atoms with E-state index in [2.05, 4.69) is 0 Å². The molecule has 0 saturated carbocycles. The average molecular weight is 442 g/mol. The van der Waals surface area contributed by atoms with E-state index in [4.69, 9.17) is 18.9 Å². The van der Waals surface area contributed by atoms with Crippen LogP contribution in [0, 0.1) is 6.92 Å². The summed E-state index contributed by atoms with van der Waals surface area (Å²) < 4.78 is 21.8. The second kappa shape index (κ2) is 9.51. The molecule has 0 saturated heterocycles. The lowest BCUT2D eigenvalue weighted by atomic mass is 9.92. The number of carbonyl (C=O) groups is 2. The zero-order valence-electron chi connectivity index (χ0n) is 19.6. The number of fused-ring (bicyclic) bond motifs is 1. The van der Waals surface area contributed by atoms with Gasteiger partial charge in [0, 0.05) is 6.54 Å². The van der Waals surface area contributed by atoms with Crippen LogP contribution in [0.3, 0.4) is 0 Å². The van der Waals surface area contributed by atoms with E-state index in [1.807, 2.05) is 43.3 Å². The first-order chi connectivity index (χ1) is 15.1. The molecule has 2 aromatic carbocycles. The van der Waals surface area contributed by atoms with Crippen LogP contribution in [0.4, 0.5) is 4.79 Å². The lowest BCUT2D eigenvalue weighted by Crippen LogP contribution is -2.46. The lowest BCUT2D eigenvalue weighted by molar-refractivity contribution is -0.147. The van der Waals surface area contributed by atoms with Gasteiger partial charge in [-0.25, -0.2) is 9.59 Å². The minimum atomic E-state index is -0.850. The fourth-order valence-electron chi connectivity index (χ4n) is 3.77. The van der Waals surface area contributed by atoms with Gasteiger partial charge in [0.05, 0.1) is 14.2 Å². The second-order valence-electron chi connectivity index (χ2n) is 8.80. The minimum Gasteiger partial charge on any atom is -0.496 e. The van der Waals surface area contributed by atoms with Crippen molar-refractivity contribution in [1.82, 2.24) is 4.90 Å². The topological polar surface area (TPSA) is 74.3 Å². The Labute approximate surface area is 189 Å². The van der Waals surface area contributed by atoms with Gasteiger partial charge in [0.2, 0.25) is 0 Å². The first-order valence-electron chi connectivity index (χ1n) is 10.6. The number of rotatable bonds is 5. The Kier molecular flexibility index (Phi) is 6.96. The maximum atomic E-state index is 12.7. The molecule has 0 spiro atoms. The Morgan fingerprint density at radius 2 is 1.84 bits per heavy atom. The van der Waals surface area contributed by atoms with E-state index in [1.165, 1.54) is 12.0 Å². The monoisotopic (exact) mass is 441 g/mol. The molecule has 1 aliphatic heterocycles. The van der Waals surface area contributed by atoms with E-state index >= 15 is 0 Å². The van der Waals surface area contributed by atoms with Crippen LogP contribution in [-0.2, 0) is 27.3 Å². The van der Waals surface area contributed by atoms with Gasteiger partial charge < -0.3 is 18.9 Å². The number of carbonyl (C=O) groups excluding carboxylic acids is 2. The third-order valence-electron chi connectivity index (χ3n) is 5.26. The van der Waals surface area contributed by atoms with Gasteiger partial charge in [-0.15, -0.1) is 0 Å². The first-order valence-corrected chi connectivity index (χ1v) is 10.6. The van der Waals surface area contributed by atoms with Gasteiger partial charge in [-0.2, -0.15) is 0 Å². The largest absolute Gasteiger partial charge is 0.496 e. The molecule has 172 valence electrons. The summed E-state index contributed by atoms with van der Waals surface area (Å²) in [5.41, 5.74) is 3.09. The van der Waals surface area contributed by atoms with Crippen LogP contribution >= 0.6 is 0 Å². The van der Waals surface area contributed by atoms with E-state index in [0.29, 0.717) is 25.3 Å². The van der Waals surface area contributed by atoms with Crippen LogP contribution in [0.5, 0.6) is 11.5 Å². The lowest BCUT2D eigenvalue weighted by Gasteiger charge is -2.36. The Hall–Kier alpha value is -3.22. The second-order valence-corrected chi connectivity index (χ2v) is 8.80. The molecule has 0 unspecified atom stereocenters. The van der Waals surface area contributed by atoms with E-state index < -0.39 is 23.7 Å². The van der Waals surface area contributed by atoms with Crippen molar-refractivity contribution in [1.29, 1.82) is 0 Å². The molecule has 0 radical (unpaired) electrons. The van der Waals surface area contributed by atoms with Gasteiger partial charge in [0.25, 0.3) is 0 Å². The van der Waals surface area contributed by atoms with Crippen LogP contribution < -0.4 is 9.47 Å². The van der Waals surface area contributed by atoms with E-state index in [1.54, 1.807) is 27.9 Å². The van der Waals surface area contributed by atoms with E-state index in [9.17, 15) is 9.59 Å². The summed E-state index contributed by atoms with van der Waals surface area (Å²) in [5.74, 6) is 1.04. The molecular formula is C25H31NO6. The van der Waals surface area contributed by atoms with Crippen LogP contribution in [0.25, 0.3) is 0 Å². The Morgan fingerprint density at radius 3 is 2.47 bits per heavy atom. The molecule has 0 aliphatic carbocycles. The first kappa shape index (κ1) is 23.4. The van der Waals surface area contributed by atoms with Crippen LogP contribution in [0.1, 0.15) is 49.1 Å². The van der Waals surface area contributed by atoms with Crippen molar-refractivity contribution in [3.8, 4) is 11.5 Å². The number of nitrogens with zero attached hydrogens (tertiary/aromatic N) is 1. The number of benzene rings is 2. The average Bonchev–Trinajstić information content (AvgIpc) is 2.75. The summed E-state index contributed by atoms with van der Waals surface area (Å²) in [4.78, 5) is 26.7.